The normalized spacial score (nSPS) is 20.8. The molecule has 1 aromatic carbocycles. The lowest BCUT2D eigenvalue weighted by Crippen LogP contribution is -2.29. The molecule has 2 heterocycles. The van der Waals surface area contributed by atoms with Gasteiger partial charge in [-0.3, -0.25) is 5.84 Å². The lowest BCUT2D eigenvalue weighted by atomic mass is 10.0. The van der Waals surface area contributed by atoms with E-state index in [-0.39, 0.29) is 6.04 Å². The van der Waals surface area contributed by atoms with Crippen molar-refractivity contribution in [3.05, 3.63) is 35.6 Å². The average Bonchev–Trinajstić information content (AvgIpc) is 2.92. The minimum absolute atomic E-state index is 0.0447. The highest BCUT2D eigenvalue weighted by Gasteiger charge is 2.19. The molecule has 1 aromatic heterocycles. The molecule has 1 fully saturated rings. The molecule has 4 heteroatoms. The standard InChI is InChI=1S/C17H24N2O2/c1-12-5-8-16-13(10-12)11-17(21-16)15(19-18)7-6-14-4-2-3-9-20-14/h5,8,10-11,14-15,19H,2-4,6-7,9,18H2,1H3. The molecule has 0 bridgehead atoms. The lowest BCUT2D eigenvalue weighted by molar-refractivity contribution is 0.00823. The summed E-state index contributed by atoms with van der Waals surface area (Å²) in [6.07, 6.45) is 5.95. The summed E-state index contributed by atoms with van der Waals surface area (Å²) in [7, 11) is 0. The van der Waals surface area contributed by atoms with E-state index in [2.05, 4.69) is 30.5 Å². The van der Waals surface area contributed by atoms with Gasteiger partial charge in [-0.25, -0.2) is 5.43 Å². The Labute approximate surface area is 125 Å². The fourth-order valence-corrected chi connectivity index (χ4v) is 3.05. The van der Waals surface area contributed by atoms with Crippen LogP contribution >= 0.6 is 0 Å². The van der Waals surface area contributed by atoms with Gasteiger partial charge in [0, 0.05) is 12.0 Å². The van der Waals surface area contributed by atoms with E-state index in [1.807, 2.05) is 6.07 Å². The number of hydrogen-bond donors (Lipinski definition) is 2. The highest BCUT2D eigenvalue weighted by molar-refractivity contribution is 5.78. The van der Waals surface area contributed by atoms with Crippen LogP contribution in [-0.4, -0.2) is 12.7 Å². The average molecular weight is 288 g/mol. The molecular weight excluding hydrogens is 264 g/mol. The Bertz CT molecular complexity index is 587. The van der Waals surface area contributed by atoms with Crippen molar-refractivity contribution in [1.82, 2.24) is 5.43 Å². The first-order valence-corrected chi connectivity index (χ1v) is 7.84. The first-order chi connectivity index (χ1) is 10.3. The molecule has 2 unspecified atom stereocenters. The van der Waals surface area contributed by atoms with Crippen molar-refractivity contribution >= 4 is 11.0 Å². The minimum Gasteiger partial charge on any atom is -0.459 e. The molecule has 21 heavy (non-hydrogen) atoms. The number of nitrogens with one attached hydrogen (secondary N) is 1. The molecule has 0 amide bonds. The van der Waals surface area contributed by atoms with Gasteiger partial charge in [-0.15, -0.1) is 0 Å². The Hall–Kier alpha value is -1.36. The molecule has 3 N–H and O–H groups in total. The highest BCUT2D eigenvalue weighted by atomic mass is 16.5. The topological polar surface area (TPSA) is 60.4 Å². The van der Waals surface area contributed by atoms with Crippen LogP contribution in [0.3, 0.4) is 0 Å². The summed E-state index contributed by atoms with van der Waals surface area (Å²) in [5.41, 5.74) is 5.04. The number of hydrogen-bond acceptors (Lipinski definition) is 4. The van der Waals surface area contributed by atoms with Crippen LogP contribution < -0.4 is 11.3 Å². The number of hydrazine groups is 1. The first kappa shape index (κ1) is 14.6. The van der Waals surface area contributed by atoms with Crippen LogP contribution in [0.4, 0.5) is 0 Å². The van der Waals surface area contributed by atoms with Gasteiger partial charge in [0.05, 0.1) is 12.1 Å². The maximum absolute atomic E-state index is 5.93. The molecular formula is C17H24N2O2. The molecule has 3 rings (SSSR count). The van der Waals surface area contributed by atoms with E-state index < -0.39 is 0 Å². The zero-order valence-electron chi connectivity index (χ0n) is 12.6. The van der Waals surface area contributed by atoms with Gasteiger partial charge < -0.3 is 9.15 Å². The second-order valence-corrected chi connectivity index (χ2v) is 5.98. The maximum Gasteiger partial charge on any atom is 0.134 e. The second kappa shape index (κ2) is 6.60. The van der Waals surface area contributed by atoms with Gasteiger partial charge in [-0.1, -0.05) is 11.6 Å². The van der Waals surface area contributed by atoms with E-state index in [9.17, 15) is 0 Å². The summed E-state index contributed by atoms with van der Waals surface area (Å²) < 4.78 is 11.7. The second-order valence-electron chi connectivity index (χ2n) is 5.98. The molecule has 2 aromatic rings. The number of aryl methyl sites for hydroxylation is 1. The number of rotatable bonds is 5. The third-order valence-corrected chi connectivity index (χ3v) is 4.29. The molecule has 0 aliphatic carbocycles. The summed E-state index contributed by atoms with van der Waals surface area (Å²) in [5, 5.41) is 1.14. The predicted octanol–water partition coefficient (Wildman–Crippen LogP) is 3.59. The molecule has 114 valence electrons. The van der Waals surface area contributed by atoms with Crippen LogP contribution in [0.2, 0.25) is 0 Å². The zero-order chi connectivity index (χ0) is 14.7. The van der Waals surface area contributed by atoms with Crippen molar-refractivity contribution < 1.29 is 9.15 Å². The zero-order valence-corrected chi connectivity index (χ0v) is 12.6. The van der Waals surface area contributed by atoms with Crippen molar-refractivity contribution in [2.24, 2.45) is 5.84 Å². The summed E-state index contributed by atoms with van der Waals surface area (Å²) in [5.74, 6) is 6.63. The number of nitrogens with two attached hydrogens (primary N) is 1. The van der Waals surface area contributed by atoms with E-state index in [4.69, 9.17) is 15.0 Å². The maximum atomic E-state index is 5.93. The van der Waals surface area contributed by atoms with E-state index in [1.165, 1.54) is 18.4 Å². The van der Waals surface area contributed by atoms with E-state index in [1.54, 1.807) is 0 Å². The predicted molar refractivity (Wildman–Crippen MR) is 83.8 cm³/mol. The molecule has 0 spiro atoms. The monoisotopic (exact) mass is 288 g/mol. The van der Waals surface area contributed by atoms with Gasteiger partial charge in [-0.2, -0.15) is 0 Å². The summed E-state index contributed by atoms with van der Waals surface area (Å²) >= 11 is 0. The van der Waals surface area contributed by atoms with Crippen LogP contribution in [-0.2, 0) is 4.74 Å². The Morgan fingerprint density at radius 3 is 3.00 bits per heavy atom. The van der Waals surface area contributed by atoms with Crippen LogP contribution in [0, 0.1) is 6.92 Å². The number of ether oxygens (including phenoxy) is 1. The van der Waals surface area contributed by atoms with Gasteiger partial charge >= 0.3 is 0 Å². The van der Waals surface area contributed by atoms with Gasteiger partial charge in [0.25, 0.3) is 0 Å². The fraction of sp³-hybridized carbons (Fsp3) is 0.529. The van der Waals surface area contributed by atoms with Crippen LogP contribution in [0.1, 0.15) is 49.5 Å². The Morgan fingerprint density at radius 1 is 1.33 bits per heavy atom. The third-order valence-electron chi connectivity index (χ3n) is 4.29. The quantitative estimate of drug-likeness (QED) is 0.652. The Morgan fingerprint density at radius 2 is 2.24 bits per heavy atom. The summed E-state index contributed by atoms with van der Waals surface area (Å²) in [6, 6.07) is 8.36. The van der Waals surface area contributed by atoms with E-state index >= 15 is 0 Å². The molecule has 1 aliphatic heterocycles. The lowest BCUT2D eigenvalue weighted by Gasteiger charge is -2.24. The fourth-order valence-electron chi connectivity index (χ4n) is 3.05. The number of fused-ring (bicyclic) bond motifs is 1. The summed E-state index contributed by atoms with van der Waals surface area (Å²) in [6.45, 7) is 2.99. The largest absolute Gasteiger partial charge is 0.459 e. The van der Waals surface area contributed by atoms with Crippen molar-refractivity contribution in [2.75, 3.05) is 6.61 Å². The van der Waals surface area contributed by atoms with E-state index in [0.29, 0.717) is 6.10 Å². The molecule has 1 aliphatic rings. The van der Waals surface area contributed by atoms with Gasteiger partial charge in [0.1, 0.15) is 11.3 Å². The molecule has 0 radical (unpaired) electrons. The van der Waals surface area contributed by atoms with Gasteiger partial charge in [-0.05, 0) is 57.2 Å². The van der Waals surface area contributed by atoms with Crippen molar-refractivity contribution in [1.29, 1.82) is 0 Å². The van der Waals surface area contributed by atoms with Crippen molar-refractivity contribution in [3.8, 4) is 0 Å². The van der Waals surface area contributed by atoms with Crippen molar-refractivity contribution in [3.63, 3.8) is 0 Å². The smallest absolute Gasteiger partial charge is 0.134 e. The molecule has 4 nitrogen and oxygen atoms in total. The molecule has 0 saturated carbocycles. The number of furan rings is 1. The molecule has 1 saturated heterocycles. The van der Waals surface area contributed by atoms with Crippen molar-refractivity contribution in [2.45, 2.75) is 51.2 Å². The SMILES string of the molecule is Cc1ccc2oc(C(CCC3CCCCO3)NN)cc2c1. The van der Waals surface area contributed by atoms with Gasteiger partial charge in [0.2, 0.25) is 0 Å². The Kier molecular flexibility index (Phi) is 4.58. The molecule has 2 atom stereocenters. The van der Waals surface area contributed by atoms with Crippen LogP contribution in [0.15, 0.2) is 28.7 Å². The third kappa shape index (κ3) is 3.46. The van der Waals surface area contributed by atoms with E-state index in [0.717, 1.165) is 42.6 Å². The number of benzene rings is 1. The van der Waals surface area contributed by atoms with Crippen LogP contribution in [0.25, 0.3) is 11.0 Å². The minimum atomic E-state index is 0.0447. The van der Waals surface area contributed by atoms with Gasteiger partial charge in [0.15, 0.2) is 0 Å². The first-order valence-electron chi connectivity index (χ1n) is 7.84. The Balaban J connectivity index is 1.68. The summed E-state index contributed by atoms with van der Waals surface area (Å²) in [4.78, 5) is 0. The highest BCUT2D eigenvalue weighted by Crippen LogP contribution is 2.28. The van der Waals surface area contributed by atoms with Crippen LogP contribution in [0.5, 0.6) is 0 Å².